The highest BCUT2D eigenvalue weighted by molar-refractivity contribution is 5.85. The number of hydrogen-bond donors (Lipinski definition) is 1. The fourth-order valence-electron chi connectivity index (χ4n) is 1.29. The number of esters is 1. The maximum Gasteiger partial charge on any atom is 0.307 e. The Morgan fingerprint density at radius 1 is 1.47 bits per heavy atom. The summed E-state index contributed by atoms with van der Waals surface area (Å²) in [4.78, 5) is 11.0. The number of halogens is 2. The second-order valence-electron chi connectivity index (χ2n) is 3.28. The van der Waals surface area contributed by atoms with E-state index in [4.69, 9.17) is 10.5 Å². The van der Waals surface area contributed by atoms with E-state index in [1.807, 2.05) is 0 Å². The van der Waals surface area contributed by atoms with E-state index in [1.54, 1.807) is 6.07 Å². The van der Waals surface area contributed by atoms with Crippen LogP contribution in [0.25, 0.3) is 0 Å². The maximum atomic E-state index is 13.3. The van der Waals surface area contributed by atoms with Crippen LogP contribution in [0.4, 0.5) is 4.39 Å². The Morgan fingerprint density at radius 3 is 2.59 bits per heavy atom. The lowest BCUT2D eigenvalue weighted by Crippen LogP contribution is -2.16. The number of carbonyl (C=O) groups is 1. The largest absolute Gasteiger partial charge is 0.494 e. The summed E-state index contributed by atoms with van der Waals surface area (Å²) < 4.78 is 22.6. The average Bonchev–Trinajstić information content (AvgIpc) is 2.28. The molecule has 1 aromatic carbocycles. The minimum atomic E-state index is -0.576. The van der Waals surface area contributed by atoms with Crippen molar-refractivity contribution in [2.24, 2.45) is 5.73 Å². The molecule has 1 aromatic rings. The third-order valence-corrected chi connectivity index (χ3v) is 2.22. The molecule has 1 rings (SSSR count). The van der Waals surface area contributed by atoms with Crippen molar-refractivity contribution in [3.05, 3.63) is 29.6 Å². The fourth-order valence-corrected chi connectivity index (χ4v) is 1.29. The molecule has 0 aromatic heterocycles. The molecule has 0 aliphatic heterocycles. The Kier molecular flexibility index (Phi) is 6.53. The van der Waals surface area contributed by atoms with Crippen LogP contribution in [0.3, 0.4) is 0 Å². The van der Waals surface area contributed by atoms with E-state index in [1.165, 1.54) is 26.4 Å². The van der Waals surface area contributed by atoms with Gasteiger partial charge in [-0.3, -0.25) is 4.79 Å². The van der Waals surface area contributed by atoms with Gasteiger partial charge in [0.05, 0.1) is 20.6 Å². The average molecular weight is 264 g/mol. The zero-order valence-corrected chi connectivity index (χ0v) is 10.4. The van der Waals surface area contributed by atoms with Crippen LogP contribution in [-0.4, -0.2) is 20.2 Å². The minimum absolute atomic E-state index is 0. The molecule has 0 heterocycles. The molecule has 1 atom stereocenters. The van der Waals surface area contributed by atoms with E-state index in [0.717, 1.165) is 0 Å². The topological polar surface area (TPSA) is 61.5 Å². The van der Waals surface area contributed by atoms with Gasteiger partial charge in [0.2, 0.25) is 0 Å². The molecule has 4 nitrogen and oxygen atoms in total. The quantitative estimate of drug-likeness (QED) is 0.842. The Bertz CT molecular complexity index is 387. The molecule has 0 spiro atoms. The lowest BCUT2D eigenvalue weighted by atomic mass is 10.0. The highest BCUT2D eigenvalue weighted by Gasteiger charge is 2.13. The van der Waals surface area contributed by atoms with E-state index in [2.05, 4.69) is 4.74 Å². The molecule has 0 saturated heterocycles. The minimum Gasteiger partial charge on any atom is -0.494 e. The first kappa shape index (κ1) is 15.7. The molecule has 0 unspecified atom stereocenters. The molecule has 96 valence electrons. The van der Waals surface area contributed by atoms with Crippen molar-refractivity contribution in [3.63, 3.8) is 0 Å². The van der Waals surface area contributed by atoms with Gasteiger partial charge >= 0.3 is 5.97 Å². The molecule has 0 saturated carbocycles. The Labute approximate surface area is 105 Å². The van der Waals surface area contributed by atoms with Crippen LogP contribution in [0.5, 0.6) is 5.75 Å². The summed E-state index contributed by atoms with van der Waals surface area (Å²) in [7, 11) is 2.66. The van der Waals surface area contributed by atoms with Gasteiger partial charge in [-0.05, 0) is 17.7 Å². The Morgan fingerprint density at radius 2 is 2.12 bits per heavy atom. The zero-order valence-electron chi connectivity index (χ0n) is 9.60. The summed E-state index contributed by atoms with van der Waals surface area (Å²) in [5.74, 6) is -0.780. The third-order valence-electron chi connectivity index (χ3n) is 2.22. The summed E-state index contributed by atoms with van der Waals surface area (Å²) in [6, 6.07) is 3.77. The molecule has 0 amide bonds. The number of rotatable bonds is 4. The van der Waals surface area contributed by atoms with Crippen LogP contribution in [0, 0.1) is 5.82 Å². The molecule has 0 aliphatic carbocycles. The molecule has 0 fully saturated rings. The summed E-state index contributed by atoms with van der Waals surface area (Å²) in [5, 5.41) is 0. The van der Waals surface area contributed by atoms with Gasteiger partial charge in [-0.2, -0.15) is 0 Å². The number of benzene rings is 1. The number of nitrogens with two attached hydrogens (primary N) is 1. The first-order valence-corrected chi connectivity index (χ1v) is 4.74. The van der Waals surface area contributed by atoms with Crippen LogP contribution >= 0.6 is 12.4 Å². The highest BCUT2D eigenvalue weighted by Crippen LogP contribution is 2.22. The molecule has 0 bridgehead atoms. The van der Waals surface area contributed by atoms with Crippen molar-refractivity contribution in [1.29, 1.82) is 0 Å². The predicted molar refractivity (Wildman–Crippen MR) is 63.8 cm³/mol. The summed E-state index contributed by atoms with van der Waals surface area (Å²) in [5.41, 5.74) is 6.25. The number of hydrogen-bond acceptors (Lipinski definition) is 4. The van der Waals surface area contributed by atoms with Gasteiger partial charge in [0.1, 0.15) is 0 Å². The monoisotopic (exact) mass is 263 g/mol. The van der Waals surface area contributed by atoms with Gasteiger partial charge in [0.15, 0.2) is 11.6 Å². The van der Waals surface area contributed by atoms with Gasteiger partial charge in [-0.15, -0.1) is 12.4 Å². The molecular formula is C11H15ClFNO3. The molecule has 17 heavy (non-hydrogen) atoms. The number of methoxy groups -OCH3 is 2. The van der Waals surface area contributed by atoms with Crippen molar-refractivity contribution < 1.29 is 18.7 Å². The maximum absolute atomic E-state index is 13.3. The van der Waals surface area contributed by atoms with Crippen molar-refractivity contribution in [3.8, 4) is 5.75 Å². The zero-order chi connectivity index (χ0) is 12.1. The van der Waals surface area contributed by atoms with Crippen molar-refractivity contribution in [2.45, 2.75) is 12.5 Å². The summed E-state index contributed by atoms with van der Waals surface area (Å²) in [6.45, 7) is 0. The van der Waals surface area contributed by atoms with Gasteiger partial charge < -0.3 is 15.2 Å². The normalized spacial score (nSPS) is 11.3. The second kappa shape index (κ2) is 7.09. The van der Waals surface area contributed by atoms with Gasteiger partial charge in [-0.1, -0.05) is 6.07 Å². The van der Waals surface area contributed by atoms with Crippen LogP contribution < -0.4 is 10.5 Å². The fraction of sp³-hybridized carbons (Fsp3) is 0.364. The standard InChI is InChI=1S/C11H14FNO3.ClH/c1-15-10-4-3-7(5-8(10)12)9(13)6-11(14)16-2;/h3-5,9H,6,13H2,1-2H3;1H/t9-;/m1./s1. The van der Waals surface area contributed by atoms with Crippen LogP contribution in [-0.2, 0) is 9.53 Å². The van der Waals surface area contributed by atoms with E-state index >= 15 is 0 Å². The van der Waals surface area contributed by atoms with E-state index in [9.17, 15) is 9.18 Å². The molecule has 0 radical (unpaired) electrons. The van der Waals surface area contributed by atoms with E-state index in [-0.39, 0.29) is 24.6 Å². The smallest absolute Gasteiger partial charge is 0.307 e. The molecule has 0 aliphatic rings. The SMILES string of the molecule is COC(=O)C[C@@H](N)c1ccc(OC)c(F)c1.Cl. The lowest BCUT2D eigenvalue weighted by molar-refractivity contribution is -0.141. The van der Waals surface area contributed by atoms with Crippen molar-refractivity contribution in [2.75, 3.05) is 14.2 Å². The molecule has 2 N–H and O–H groups in total. The second-order valence-corrected chi connectivity index (χ2v) is 3.28. The third kappa shape index (κ3) is 4.20. The number of ether oxygens (including phenoxy) is 2. The van der Waals surface area contributed by atoms with Crippen LogP contribution in [0.1, 0.15) is 18.0 Å². The van der Waals surface area contributed by atoms with E-state index in [0.29, 0.717) is 5.56 Å². The number of carbonyl (C=O) groups excluding carboxylic acids is 1. The lowest BCUT2D eigenvalue weighted by Gasteiger charge is -2.11. The van der Waals surface area contributed by atoms with Gasteiger partial charge in [0, 0.05) is 6.04 Å². The van der Waals surface area contributed by atoms with Gasteiger partial charge in [-0.25, -0.2) is 4.39 Å². The molecular weight excluding hydrogens is 249 g/mol. The Balaban J connectivity index is 0.00000256. The van der Waals surface area contributed by atoms with Gasteiger partial charge in [0.25, 0.3) is 0 Å². The summed E-state index contributed by atoms with van der Waals surface area (Å²) in [6.07, 6.45) is 0.0161. The predicted octanol–water partition coefficient (Wildman–Crippen LogP) is 1.82. The highest BCUT2D eigenvalue weighted by atomic mass is 35.5. The van der Waals surface area contributed by atoms with Crippen molar-refractivity contribution >= 4 is 18.4 Å². The van der Waals surface area contributed by atoms with Crippen LogP contribution in [0.2, 0.25) is 0 Å². The Hall–Kier alpha value is -1.33. The first-order valence-electron chi connectivity index (χ1n) is 4.74. The van der Waals surface area contributed by atoms with Crippen LogP contribution in [0.15, 0.2) is 18.2 Å². The van der Waals surface area contributed by atoms with E-state index < -0.39 is 17.8 Å². The van der Waals surface area contributed by atoms with Crippen molar-refractivity contribution in [1.82, 2.24) is 0 Å². The summed E-state index contributed by atoms with van der Waals surface area (Å²) >= 11 is 0. The first-order chi connectivity index (χ1) is 7.58. The molecule has 6 heteroatoms.